The predicted molar refractivity (Wildman–Crippen MR) is 77.8 cm³/mol. The van der Waals surface area contributed by atoms with Gasteiger partial charge in [-0.1, -0.05) is 0 Å². The Bertz CT molecular complexity index is 700. The van der Waals surface area contributed by atoms with Crippen LogP contribution in [0.1, 0.15) is 18.4 Å². The molecule has 1 aromatic heterocycles. The molecule has 0 unspecified atom stereocenters. The van der Waals surface area contributed by atoms with Crippen molar-refractivity contribution in [2.75, 3.05) is 6.54 Å². The first-order chi connectivity index (χ1) is 10.1. The Morgan fingerprint density at radius 2 is 2.00 bits per heavy atom. The quantitative estimate of drug-likeness (QED) is 0.785. The van der Waals surface area contributed by atoms with Crippen LogP contribution in [0.3, 0.4) is 0 Å². The maximum Gasteiger partial charge on any atom is 0.240 e. The number of nitrogens with zero attached hydrogens (tertiary/aromatic N) is 3. The molecular weight excluding hydrogens is 288 g/mol. The summed E-state index contributed by atoms with van der Waals surface area (Å²) in [4.78, 5) is 4.12. The van der Waals surface area contributed by atoms with E-state index < -0.39 is 10.0 Å². The van der Waals surface area contributed by atoms with E-state index in [1.54, 1.807) is 12.5 Å². The van der Waals surface area contributed by atoms with Gasteiger partial charge in [-0.2, -0.15) is 5.26 Å². The molecule has 21 heavy (non-hydrogen) atoms. The highest BCUT2D eigenvalue weighted by molar-refractivity contribution is 7.89. The van der Waals surface area contributed by atoms with Gasteiger partial charge in [0.25, 0.3) is 0 Å². The van der Waals surface area contributed by atoms with Gasteiger partial charge >= 0.3 is 0 Å². The smallest absolute Gasteiger partial charge is 0.240 e. The van der Waals surface area contributed by atoms with Gasteiger partial charge in [-0.05, 0) is 37.1 Å². The highest BCUT2D eigenvalue weighted by atomic mass is 32.2. The Morgan fingerprint density at radius 3 is 2.62 bits per heavy atom. The van der Waals surface area contributed by atoms with Crippen LogP contribution >= 0.6 is 0 Å². The molecule has 0 aliphatic carbocycles. The molecule has 7 heteroatoms. The summed E-state index contributed by atoms with van der Waals surface area (Å²) < 4.78 is 28.5. The van der Waals surface area contributed by atoms with Crippen molar-refractivity contribution < 1.29 is 8.42 Å². The number of sulfonamides is 1. The molecule has 0 saturated heterocycles. The third kappa shape index (κ3) is 4.41. The largest absolute Gasteiger partial charge is 0.337 e. The molecule has 0 aliphatic heterocycles. The second-order valence-electron chi connectivity index (χ2n) is 4.54. The van der Waals surface area contributed by atoms with Crippen LogP contribution in [0.5, 0.6) is 0 Å². The van der Waals surface area contributed by atoms with Gasteiger partial charge < -0.3 is 4.57 Å². The van der Waals surface area contributed by atoms with Crippen LogP contribution in [0.4, 0.5) is 0 Å². The minimum atomic E-state index is -3.50. The van der Waals surface area contributed by atoms with Crippen molar-refractivity contribution in [2.45, 2.75) is 24.3 Å². The van der Waals surface area contributed by atoms with Crippen molar-refractivity contribution in [2.24, 2.45) is 0 Å². The summed E-state index contributed by atoms with van der Waals surface area (Å²) in [7, 11) is -3.50. The predicted octanol–water partition coefficient (Wildman–Crippen LogP) is 1.51. The Hall–Kier alpha value is -2.17. The van der Waals surface area contributed by atoms with Crippen molar-refractivity contribution in [1.82, 2.24) is 14.3 Å². The van der Waals surface area contributed by atoms with Crippen molar-refractivity contribution in [3.05, 3.63) is 48.5 Å². The standard InChI is InChI=1S/C14H16N4O2S/c15-11-13-3-5-14(6-4-13)21(19,20)17-7-1-2-9-18-10-8-16-12-18/h3-6,8,10,12,17H,1-2,7,9H2. The number of hydrogen-bond donors (Lipinski definition) is 1. The maximum absolute atomic E-state index is 12.0. The molecule has 0 spiro atoms. The Morgan fingerprint density at radius 1 is 1.24 bits per heavy atom. The highest BCUT2D eigenvalue weighted by Crippen LogP contribution is 2.10. The molecule has 0 atom stereocenters. The molecule has 1 heterocycles. The van der Waals surface area contributed by atoms with Gasteiger partial charge in [-0.15, -0.1) is 0 Å². The second-order valence-corrected chi connectivity index (χ2v) is 6.31. The molecule has 0 amide bonds. The van der Waals surface area contributed by atoms with E-state index in [0.717, 1.165) is 19.4 Å². The molecule has 0 bridgehead atoms. The van der Waals surface area contributed by atoms with Gasteiger partial charge in [0.2, 0.25) is 10.0 Å². The number of nitrogens with one attached hydrogen (secondary N) is 1. The highest BCUT2D eigenvalue weighted by Gasteiger charge is 2.12. The van der Waals surface area contributed by atoms with Crippen molar-refractivity contribution in [1.29, 1.82) is 5.26 Å². The van der Waals surface area contributed by atoms with E-state index in [9.17, 15) is 8.42 Å². The fourth-order valence-electron chi connectivity index (χ4n) is 1.84. The second kappa shape index (κ2) is 7.02. The lowest BCUT2D eigenvalue weighted by molar-refractivity contribution is 0.566. The zero-order chi connectivity index (χ0) is 15.1. The van der Waals surface area contributed by atoms with Gasteiger partial charge in [0.1, 0.15) is 0 Å². The monoisotopic (exact) mass is 304 g/mol. The number of rotatable bonds is 7. The topological polar surface area (TPSA) is 87.8 Å². The summed E-state index contributed by atoms with van der Waals surface area (Å²) in [5.41, 5.74) is 0.439. The molecule has 6 nitrogen and oxygen atoms in total. The van der Waals surface area contributed by atoms with E-state index in [1.165, 1.54) is 24.3 Å². The minimum absolute atomic E-state index is 0.177. The average molecular weight is 304 g/mol. The molecule has 0 fully saturated rings. The molecular formula is C14H16N4O2S. The summed E-state index contributed by atoms with van der Waals surface area (Å²) in [6.07, 6.45) is 6.94. The van der Waals surface area contributed by atoms with E-state index in [0.29, 0.717) is 12.1 Å². The van der Waals surface area contributed by atoms with E-state index >= 15 is 0 Å². The molecule has 2 aromatic rings. The zero-order valence-corrected chi connectivity index (χ0v) is 12.3. The summed E-state index contributed by atoms with van der Waals surface area (Å²) >= 11 is 0. The van der Waals surface area contributed by atoms with Crippen LogP contribution < -0.4 is 4.72 Å². The summed E-state index contributed by atoms with van der Waals surface area (Å²) in [6, 6.07) is 7.82. The first-order valence-electron chi connectivity index (χ1n) is 6.57. The van der Waals surface area contributed by atoms with E-state index in [1.807, 2.05) is 16.8 Å². The Balaban J connectivity index is 1.79. The number of hydrogen-bond acceptors (Lipinski definition) is 4. The molecule has 0 saturated carbocycles. The van der Waals surface area contributed by atoms with Gasteiger partial charge in [0, 0.05) is 25.5 Å². The lowest BCUT2D eigenvalue weighted by atomic mass is 10.2. The third-order valence-electron chi connectivity index (χ3n) is 2.99. The molecule has 0 aliphatic rings. The lowest BCUT2D eigenvalue weighted by Crippen LogP contribution is -2.25. The van der Waals surface area contributed by atoms with Crippen molar-refractivity contribution >= 4 is 10.0 Å². The third-order valence-corrected chi connectivity index (χ3v) is 4.47. The van der Waals surface area contributed by atoms with E-state index in [-0.39, 0.29) is 4.90 Å². The lowest BCUT2D eigenvalue weighted by Gasteiger charge is -2.07. The van der Waals surface area contributed by atoms with Crippen molar-refractivity contribution in [3.63, 3.8) is 0 Å². The van der Waals surface area contributed by atoms with Gasteiger partial charge in [-0.3, -0.25) is 0 Å². The summed E-state index contributed by atoms with van der Waals surface area (Å²) in [5.74, 6) is 0. The molecule has 1 aromatic carbocycles. The Labute approximate surface area is 124 Å². The van der Waals surface area contributed by atoms with Crippen LogP contribution in [0.15, 0.2) is 47.9 Å². The number of aryl methyl sites for hydroxylation is 1. The van der Waals surface area contributed by atoms with Gasteiger partial charge in [0.05, 0.1) is 22.9 Å². The number of imidazole rings is 1. The first kappa shape index (κ1) is 15.2. The number of unbranched alkanes of at least 4 members (excludes halogenated alkanes) is 1. The van der Waals surface area contributed by atoms with Crippen molar-refractivity contribution in [3.8, 4) is 6.07 Å². The number of aromatic nitrogens is 2. The fourth-order valence-corrected chi connectivity index (χ4v) is 2.91. The number of benzene rings is 1. The summed E-state index contributed by atoms with van der Waals surface area (Å²) in [6.45, 7) is 1.20. The minimum Gasteiger partial charge on any atom is -0.337 e. The first-order valence-corrected chi connectivity index (χ1v) is 8.06. The van der Waals surface area contributed by atoms with Crippen LogP contribution in [0, 0.1) is 11.3 Å². The summed E-state index contributed by atoms with van der Waals surface area (Å²) in [5, 5.41) is 8.69. The van der Waals surface area contributed by atoms with E-state index in [4.69, 9.17) is 5.26 Å². The number of nitriles is 1. The molecule has 0 radical (unpaired) electrons. The molecule has 2 rings (SSSR count). The van der Waals surface area contributed by atoms with E-state index in [2.05, 4.69) is 9.71 Å². The van der Waals surface area contributed by atoms with Gasteiger partial charge in [-0.25, -0.2) is 18.1 Å². The van der Waals surface area contributed by atoms with Crippen LogP contribution in [0.25, 0.3) is 0 Å². The van der Waals surface area contributed by atoms with Gasteiger partial charge in [0.15, 0.2) is 0 Å². The van der Waals surface area contributed by atoms with Crippen LogP contribution in [0.2, 0.25) is 0 Å². The fraction of sp³-hybridized carbons (Fsp3) is 0.286. The molecule has 1 N–H and O–H groups in total. The zero-order valence-electron chi connectivity index (χ0n) is 11.4. The van der Waals surface area contributed by atoms with Crippen LogP contribution in [-0.4, -0.2) is 24.5 Å². The SMILES string of the molecule is N#Cc1ccc(S(=O)(=O)NCCCCn2ccnc2)cc1. The maximum atomic E-state index is 12.0. The van der Waals surface area contributed by atoms with Crippen LogP contribution in [-0.2, 0) is 16.6 Å². The average Bonchev–Trinajstić information content (AvgIpc) is 3.00. The normalized spacial score (nSPS) is 11.2. The Kier molecular flexibility index (Phi) is 5.09. The molecule has 110 valence electrons.